The molecule has 0 radical (unpaired) electrons. The largest absolute Gasteiger partial charge is 0.361 e. The van der Waals surface area contributed by atoms with Crippen molar-refractivity contribution < 1.29 is 14.3 Å². The van der Waals surface area contributed by atoms with Crippen LogP contribution in [0.25, 0.3) is 10.9 Å². The van der Waals surface area contributed by atoms with E-state index in [9.17, 15) is 4.79 Å². The van der Waals surface area contributed by atoms with Crippen LogP contribution in [-0.2, 0) is 20.7 Å². The van der Waals surface area contributed by atoms with Gasteiger partial charge in [-0.1, -0.05) is 18.2 Å². The van der Waals surface area contributed by atoms with Gasteiger partial charge in [-0.15, -0.1) is 0 Å². The molecule has 2 aliphatic rings. The van der Waals surface area contributed by atoms with E-state index in [0.717, 1.165) is 37.9 Å². The zero-order chi connectivity index (χ0) is 15.7. The Morgan fingerprint density at radius 2 is 1.91 bits per heavy atom. The number of aromatic nitrogens is 1. The minimum absolute atomic E-state index is 0.225. The number of hydrogen-bond donors (Lipinski definition) is 1. The topological polar surface area (TPSA) is 54.6 Å². The summed E-state index contributed by atoms with van der Waals surface area (Å²) in [5.74, 6) is -0.184. The monoisotopic (exact) mass is 314 g/mol. The van der Waals surface area contributed by atoms with Crippen molar-refractivity contribution >= 4 is 16.8 Å². The number of ether oxygens (including phenoxy) is 2. The van der Waals surface area contributed by atoms with Gasteiger partial charge in [0.25, 0.3) is 0 Å². The van der Waals surface area contributed by atoms with Crippen LogP contribution < -0.4 is 0 Å². The van der Waals surface area contributed by atoms with E-state index in [4.69, 9.17) is 9.47 Å². The third kappa shape index (κ3) is 2.86. The number of piperidine rings is 1. The van der Waals surface area contributed by atoms with Crippen molar-refractivity contribution in [1.82, 2.24) is 9.88 Å². The predicted molar refractivity (Wildman–Crippen MR) is 87.1 cm³/mol. The second-order valence-corrected chi connectivity index (χ2v) is 6.35. The molecule has 0 saturated carbocycles. The lowest BCUT2D eigenvalue weighted by Gasteiger charge is -2.37. The van der Waals surface area contributed by atoms with Crippen LogP contribution in [-0.4, -0.2) is 47.9 Å². The molecule has 4 rings (SSSR count). The molecule has 5 heteroatoms. The van der Waals surface area contributed by atoms with Gasteiger partial charge in [-0.25, -0.2) is 0 Å². The first-order chi connectivity index (χ1) is 11.3. The number of aryl methyl sites for hydroxylation is 1. The zero-order valence-electron chi connectivity index (χ0n) is 13.2. The number of likely N-dealkylation sites (tertiary alicyclic amines) is 1. The van der Waals surface area contributed by atoms with Gasteiger partial charge in [0, 0.05) is 49.5 Å². The minimum atomic E-state index is -0.409. The molecule has 0 bridgehead atoms. The van der Waals surface area contributed by atoms with Gasteiger partial charge in [-0.3, -0.25) is 4.79 Å². The molecule has 1 aromatic heterocycles. The Balaban J connectivity index is 1.34. The first-order valence-corrected chi connectivity index (χ1v) is 8.36. The average molecular weight is 314 g/mol. The van der Waals surface area contributed by atoms with Gasteiger partial charge in [0.15, 0.2) is 5.79 Å². The van der Waals surface area contributed by atoms with Gasteiger partial charge in [-0.05, 0) is 18.1 Å². The summed E-state index contributed by atoms with van der Waals surface area (Å²) >= 11 is 0. The van der Waals surface area contributed by atoms with Gasteiger partial charge >= 0.3 is 0 Å². The number of nitrogens with one attached hydrogen (secondary N) is 1. The lowest BCUT2D eigenvalue weighted by molar-refractivity contribution is -0.187. The van der Waals surface area contributed by atoms with E-state index in [0.29, 0.717) is 19.6 Å². The van der Waals surface area contributed by atoms with Crippen molar-refractivity contribution in [3.8, 4) is 0 Å². The Morgan fingerprint density at radius 3 is 2.70 bits per heavy atom. The zero-order valence-corrected chi connectivity index (χ0v) is 13.2. The number of para-hydroxylation sites is 1. The maximum absolute atomic E-state index is 12.5. The highest BCUT2D eigenvalue weighted by atomic mass is 16.7. The first kappa shape index (κ1) is 14.7. The van der Waals surface area contributed by atoms with E-state index in [1.54, 1.807) is 0 Å². The van der Waals surface area contributed by atoms with Crippen LogP contribution in [0.2, 0.25) is 0 Å². The third-order valence-electron chi connectivity index (χ3n) is 4.97. The summed E-state index contributed by atoms with van der Waals surface area (Å²) in [7, 11) is 0. The molecule has 2 saturated heterocycles. The SMILES string of the molecule is O=C(CCc1c[nH]c2ccccc12)N1CCC2(CC1)OCCO2. The van der Waals surface area contributed by atoms with Gasteiger partial charge in [0.1, 0.15) is 0 Å². The number of rotatable bonds is 3. The van der Waals surface area contributed by atoms with Crippen molar-refractivity contribution in [2.24, 2.45) is 0 Å². The molecule has 1 amide bonds. The number of carbonyl (C=O) groups excluding carboxylic acids is 1. The summed E-state index contributed by atoms with van der Waals surface area (Å²) in [6.45, 7) is 2.81. The molecule has 2 aliphatic heterocycles. The van der Waals surface area contributed by atoms with Crippen molar-refractivity contribution in [3.63, 3.8) is 0 Å². The number of hydrogen-bond acceptors (Lipinski definition) is 3. The molecule has 2 fully saturated rings. The molecule has 23 heavy (non-hydrogen) atoms. The van der Waals surface area contributed by atoms with Gasteiger partial charge < -0.3 is 19.4 Å². The fourth-order valence-electron chi connectivity index (χ4n) is 3.62. The molecule has 2 aromatic rings. The lowest BCUT2D eigenvalue weighted by Crippen LogP contribution is -2.47. The summed E-state index contributed by atoms with van der Waals surface area (Å²) in [5.41, 5.74) is 2.34. The second-order valence-electron chi connectivity index (χ2n) is 6.35. The Kier molecular flexibility index (Phi) is 3.83. The van der Waals surface area contributed by atoms with E-state index in [1.807, 2.05) is 23.2 Å². The van der Waals surface area contributed by atoms with Crippen LogP contribution in [0.3, 0.4) is 0 Å². The van der Waals surface area contributed by atoms with E-state index >= 15 is 0 Å². The summed E-state index contributed by atoms with van der Waals surface area (Å²) < 4.78 is 11.4. The van der Waals surface area contributed by atoms with E-state index < -0.39 is 5.79 Å². The molecule has 3 heterocycles. The van der Waals surface area contributed by atoms with Gasteiger partial charge in [-0.2, -0.15) is 0 Å². The third-order valence-corrected chi connectivity index (χ3v) is 4.97. The molecule has 0 atom stereocenters. The summed E-state index contributed by atoms with van der Waals surface area (Å²) in [4.78, 5) is 17.7. The standard InChI is InChI=1S/C18H22N2O3/c21-17(20-9-7-18(8-10-20)22-11-12-23-18)6-5-14-13-19-16-4-2-1-3-15(14)16/h1-4,13,19H,5-12H2. The number of H-pyrrole nitrogens is 1. The minimum Gasteiger partial charge on any atom is -0.361 e. The molecular weight excluding hydrogens is 292 g/mol. The maximum atomic E-state index is 12.5. The molecule has 122 valence electrons. The molecule has 1 aromatic carbocycles. The smallest absolute Gasteiger partial charge is 0.222 e. The Bertz CT molecular complexity index is 693. The first-order valence-electron chi connectivity index (χ1n) is 8.36. The fourth-order valence-corrected chi connectivity index (χ4v) is 3.62. The summed E-state index contributed by atoms with van der Waals surface area (Å²) in [5, 5.41) is 1.21. The van der Waals surface area contributed by atoms with Crippen LogP contribution in [0.15, 0.2) is 30.5 Å². The number of amides is 1. The van der Waals surface area contributed by atoms with Crippen LogP contribution >= 0.6 is 0 Å². The number of benzene rings is 1. The van der Waals surface area contributed by atoms with Crippen molar-refractivity contribution in [2.75, 3.05) is 26.3 Å². The van der Waals surface area contributed by atoms with Crippen LogP contribution in [0.5, 0.6) is 0 Å². The van der Waals surface area contributed by atoms with Gasteiger partial charge in [0.2, 0.25) is 5.91 Å². The van der Waals surface area contributed by atoms with Crippen molar-refractivity contribution in [3.05, 3.63) is 36.0 Å². The molecule has 5 nitrogen and oxygen atoms in total. The highest BCUT2D eigenvalue weighted by molar-refractivity contribution is 5.84. The Morgan fingerprint density at radius 1 is 1.17 bits per heavy atom. The number of fused-ring (bicyclic) bond motifs is 1. The molecule has 0 aliphatic carbocycles. The summed E-state index contributed by atoms with van der Waals surface area (Å²) in [6.07, 6.45) is 4.91. The molecule has 1 spiro atoms. The van der Waals surface area contributed by atoms with E-state index in [1.165, 1.54) is 10.9 Å². The van der Waals surface area contributed by atoms with E-state index in [2.05, 4.69) is 17.1 Å². The Hall–Kier alpha value is -1.85. The normalized spacial score (nSPS) is 20.4. The van der Waals surface area contributed by atoms with Crippen LogP contribution in [0.1, 0.15) is 24.8 Å². The number of aromatic amines is 1. The average Bonchev–Trinajstić information content (AvgIpc) is 3.21. The van der Waals surface area contributed by atoms with Crippen molar-refractivity contribution in [2.45, 2.75) is 31.5 Å². The lowest BCUT2D eigenvalue weighted by atomic mass is 10.0. The quantitative estimate of drug-likeness (QED) is 0.947. The highest BCUT2D eigenvalue weighted by Gasteiger charge is 2.40. The molecule has 1 N–H and O–H groups in total. The fraction of sp³-hybridized carbons (Fsp3) is 0.500. The predicted octanol–water partition coefficient (Wildman–Crippen LogP) is 2.47. The Labute approximate surface area is 135 Å². The summed E-state index contributed by atoms with van der Waals surface area (Å²) in [6, 6.07) is 8.22. The maximum Gasteiger partial charge on any atom is 0.222 e. The number of nitrogens with zero attached hydrogens (tertiary/aromatic N) is 1. The molecular formula is C18H22N2O3. The highest BCUT2D eigenvalue weighted by Crippen LogP contribution is 2.31. The van der Waals surface area contributed by atoms with Gasteiger partial charge in [0.05, 0.1) is 13.2 Å². The number of carbonyl (C=O) groups is 1. The second kappa shape index (κ2) is 5.98. The van der Waals surface area contributed by atoms with Crippen LogP contribution in [0.4, 0.5) is 0 Å². The van der Waals surface area contributed by atoms with Crippen molar-refractivity contribution in [1.29, 1.82) is 0 Å². The van der Waals surface area contributed by atoms with Crippen LogP contribution in [0, 0.1) is 0 Å². The van der Waals surface area contributed by atoms with E-state index in [-0.39, 0.29) is 5.91 Å². The molecule has 0 unspecified atom stereocenters.